The van der Waals surface area contributed by atoms with Gasteiger partial charge in [0.25, 0.3) is 5.91 Å². The van der Waals surface area contributed by atoms with E-state index >= 15 is 0 Å². The van der Waals surface area contributed by atoms with E-state index in [9.17, 15) is 13.2 Å². The second kappa shape index (κ2) is 10.3. The van der Waals surface area contributed by atoms with Gasteiger partial charge < -0.3 is 14.8 Å². The maximum absolute atomic E-state index is 13.0. The molecule has 0 saturated carbocycles. The van der Waals surface area contributed by atoms with Gasteiger partial charge in [0.1, 0.15) is 18.1 Å². The van der Waals surface area contributed by atoms with Crippen molar-refractivity contribution in [2.75, 3.05) is 33.4 Å². The first-order valence-electron chi connectivity index (χ1n) is 10.2. The van der Waals surface area contributed by atoms with Gasteiger partial charge in [0.05, 0.1) is 29.1 Å². The first kappa shape index (κ1) is 23.4. The minimum atomic E-state index is -3.67. The van der Waals surface area contributed by atoms with Crippen molar-refractivity contribution < 1.29 is 22.7 Å². The summed E-state index contributed by atoms with van der Waals surface area (Å²) < 4.78 is 38.2. The number of nitrogens with one attached hydrogen (secondary N) is 1. The number of benzene rings is 2. The summed E-state index contributed by atoms with van der Waals surface area (Å²) in [5, 5.41) is 2.91. The lowest BCUT2D eigenvalue weighted by molar-refractivity contribution is 0.0947. The Hall–Kier alpha value is -2.29. The van der Waals surface area contributed by atoms with Crippen molar-refractivity contribution >= 4 is 27.5 Å². The van der Waals surface area contributed by atoms with E-state index in [1.54, 1.807) is 25.3 Å². The molecule has 0 spiro atoms. The summed E-state index contributed by atoms with van der Waals surface area (Å²) in [7, 11) is -2.10. The lowest BCUT2D eigenvalue weighted by atomic mass is 10.0. The molecule has 0 aliphatic carbocycles. The highest BCUT2D eigenvalue weighted by Gasteiger charge is 2.29. The van der Waals surface area contributed by atoms with Crippen LogP contribution in [-0.4, -0.2) is 52.0 Å². The highest BCUT2D eigenvalue weighted by Crippen LogP contribution is 2.26. The number of rotatable bonds is 8. The van der Waals surface area contributed by atoms with Crippen LogP contribution in [0.1, 0.15) is 30.1 Å². The van der Waals surface area contributed by atoms with Gasteiger partial charge in [0.2, 0.25) is 10.0 Å². The number of amides is 1. The predicted molar refractivity (Wildman–Crippen MR) is 119 cm³/mol. The Bertz CT molecular complexity index is 1020. The summed E-state index contributed by atoms with van der Waals surface area (Å²) in [6, 6.07) is 11.4. The summed E-state index contributed by atoms with van der Waals surface area (Å²) in [4.78, 5) is 12.7. The van der Waals surface area contributed by atoms with Gasteiger partial charge in [-0.2, -0.15) is 4.31 Å². The second-order valence-corrected chi connectivity index (χ2v) is 9.86. The van der Waals surface area contributed by atoms with Crippen LogP contribution >= 0.6 is 11.6 Å². The van der Waals surface area contributed by atoms with Crippen LogP contribution in [0.3, 0.4) is 0 Å². The van der Waals surface area contributed by atoms with E-state index in [1.165, 1.54) is 22.5 Å². The third-order valence-electron chi connectivity index (χ3n) is 5.26. The number of halogens is 1. The lowest BCUT2D eigenvalue weighted by Crippen LogP contribution is -2.38. The number of sulfonamides is 1. The minimum Gasteiger partial charge on any atom is -0.497 e. The largest absolute Gasteiger partial charge is 0.497 e. The molecule has 1 saturated heterocycles. The van der Waals surface area contributed by atoms with Gasteiger partial charge in [-0.1, -0.05) is 24.6 Å². The number of hydrogen-bond donors (Lipinski definition) is 1. The second-order valence-electron chi connectivity index (χ2n) is 7.51. The third-order valence-corrected chi connectivity index (χ3v) is 7.48. The fourth-order valence-corrected chi connectivity index (χ4v) is 5.03. The monoisotopic (exact) mass is 466 g/mol. The molecule has 31 heavy (non-hydrogen) atoms. The molecule has 7 nitrogen and oxygen atoms in total. The van der Waals surface area contributed by atoms with Crippen LogP contribution in [0.2, 0.25) is 5.02 Å². The average molecular weight is 467 g/mol. The van der Waals surface area contributed by atoms with Gasteiger partial charge in [0.15, 0.2) is 0 Å². The predicted octanol–water partition coefficient (Wildman–Crippen LogP) is 3.58. The fourth-order valence-electron chi connectivity index (χ4n) is 3.33. The number of piperidine rings is 1. The Kier molecular flexibility index (Phi) is 7.80. The molecule has 2 aromatic carbocycles. The van der Waals surface area contributed by atoms with Gasteiger partial charge in [0, 0.05) is 19.2 Å². The zero-order chi connectivity index (χ0) is 22.4. The van der Waals surface area contributed by atoms with E-state index in [2.05, 4.69) is 12.2 Å². The molecule has 0 unspecified atom stereocenters. The van der Waals surface area contributed by atoms with Crippen LogP contribution < -0.4 is 14.8 Å². The summed E-state index contributed by atoms with van der Waals surface area (Å²) >= 11 is 6.17. The van der Waals surface area contributed by atoms with Crippen molar-refractivity contribution in [2.24, 2.45) is 5.92 Å². The number of carbonyl (C=O) groups excluding carboxylic acids is 1. The number of hydrogen-bond acceptors (Lipinski definition) is 5. The van der Waals surface area contributed by atoms with Crippen LogP contribution in [-0.2, 0) is 10.0 Å². The SMILES string of the molecule is COc1cccc(OCCNC(=O)c2cc(S(=O)(=O)N3CCC(C)CC3)ccc2Cl)c1. The number of nitrogens with zero attached hydrogens (tertiary/aromatic N) is 1. The molecule has 0 radical (unpaired) electrons. The molecule has 1 heterocycles. The van der Waals surface area contributed by atoms with E-state index < -0.39 is 15.9 Å². The van der Waals surface area contributed by atoms with Crippen molar-refractivity contribution in [3.63, 3.8) is 0 Å². The fraction of sp³-hybridized carbons (Fsp3) is 0.409. The molecule has 0 aromatic heterocycles. The lowest BCUT2D eigenvalue weighted by Gasteiger charge is -2.29. The van der Waals surface area contributed by atoms with E-state index in [0.29, 0.717) is 30.5 Å². The Morgan fingerprint density at radius 1 is 1.16 bits per heavy atom. The standard InChI is InChI=1S/C22H27ClN2O5S/c1-16-8-11-25(12-9-16)31(27,28)19-6-7-21(23)20(15-19)22(26)24-10-13-30-18-5-3-4-17(14-18)29-2/h3-7,14-16H,8-13H2,1-2H3,(H,24,26). The van der Waals surface area contributed by atoms with E-state index in [-0.39, 0.29) is 28.6 Å². The molecule has 1 aliphatic rings. The quantitative estimate of drug-likeness (QED) is 0.601. The smallest absolute Gasteiger partial charge is 0.252 e. The number of carbonyl (C=O) groups is 1. The molecule has 3 rings (SSSR count). The van der Waals surface area contributed by atoms with Crippen molar-refractivity contribution in [3.8, 4) is 11.5 Å². The van der Waals surface area contributed by atoms with Crippen LogP contribution in [0.4, 0.5) is 0 Å². The normalized spacial score (nSPS) is 15.5. The maximum atomic E-state index is 13.0. The molecule has 1 aliphatic heterocycles. The molecular formula is C22H27ClN2O5S. The van der Waals surface area contributed by atoms with Gasteiger partial charge in [-0.3, -0.25) is 4.79 Å². The molecule has 168 valence electrons. The minimum absolute atomic E-state index is 0.0734. The van der Waals surface area contributed by atoms with Crippen LogP contribution in [0.5, 0.6) is 11.5 Å². The van der Waals surface area contributed by atoms with Crippen molar-refractivity contribution in [2.45, 2.75) is 24.7 Å². The Labute approximate surface area is 188 Å². The van der Waals surface area contributed by atoms with Crippen molar-refractivity contribution in [3.05, 3.63) is 53.1 Å². The molecule has 1 fully saturated rings. The summed E-state index contributed by atoms with van der Waals surface area (Å²) in [5.41, 5.74) is 0.120. The Morgan fingerprint density at radius 3 is 2.58 bits per heavy atom. The zero-order valence-electron chi connectivity index (χ0n) is 17.6. The van der Waals surface area contributed by atoms with Crippen LogP contribution in [0.25, 0.3) is 0 Å². The first-order chi connectivity index (χ1) is 14.8. The Morgan fingerprint density at radius 2 is 1.87 bits per heavy atom. The third kappa shape index (κ3) is 5.90. The number of methoxy groups -OCH3 is 1. The van der Waals surface area contributed by atoms with Crippen molar-refractivity contribution in [1.29, 1.82) is 0 Å². The van der Waals surface area contributed by atoms with E-state index in [0.717, 1.165) is 12.8 Å². The topological polar surface area (TPSA) is 84.9 Å². The maximum Gasteiger partial charge on any atom is 0.252 e. The van der Waals surface area contributed by atoms with Gasteiger partial charge in [-0.05, 0) is 49.1 Å². The summed E-state index contributed by atoms with van der Waals surface area (Å²) in [6.07, 6.45) is 1.65. The Balaban J connectivity index is 1.62. The van der Waals surface area contributed by atoms with E-state index in [4.69, 9.17) is 21.1 Å². The van der Waals surface area contributed by atoms with Crippen LogP contribution in [0, 0.1) is 5.92 Å². The van der Waals surface area contributed by atoms with Gasteiger partial charge in [-0.25, -0.2) is 8.42 Å². The molecular weight excluding hydrogens is 440 g/mol. The molecule has 9 heteroatoms. The molecule has 2 aromatic rings. The number of ether oxygens (including phenoxy) is 2. The molecule has 0 bridgehead atoms. The average Bonchev–Trinajstić information content (AvgIpc) is 2.77. The highest BCUT2D eigenvalue weighted by atomic mass is 35.5. The van der Waals surface area contributed by atoms with E-state index in [1.807, 2.05) is 6.07 Å². The zero-order valence-corrected chi connectivity index (χ0v) is 19.2. The highest BCUT2D eigenvalue weighted by molar-refractivity contribution is 7.89. The summed E-state index contributed by atoms with van der Waals surface area (Å²) in [6.45, 7) is 3.55. The molecule has 1 amide bonds. The van der Waals surface area contributed by atoms with Gasteiger partial charge in [-0.15, -0.1) is 0 Å². The first-order valence-corrected chi connectivity index (χ1v) is 12.0. The van der Waals surface area contributed by atoms with Crippen LogP contribution in [0.15, 0.2) is 47.4 Å². The summed E-state index contributed by atoms with van der Waals surface area (Å²) in [5.74, 6) is 1.35. The molecule has 0 atom stereocenters. The molecule has 1 N–H and O–H groups in total. The van der Waals surface area contributed by atoms with Crippen molar-refractivity contribution in [1.82, 2.24) is 9.62 Å². The van der Waals surface area contributed by atoms with Gasteiger partial charge >= 0.3 is 0 Å².